The minimum Gasteiger partial charge on any atom is -0.493 e. The molecule has 0 saturated heterocycles. The Labute approximate surface area is 127 Å². The molecule has 3 heteroatoms. The second-order valence-electron chi connectivity index (χ2n) is 6.18. The molecule has 0 aliphatic rings. The number of thioether (sulfide) groups is 1. The highest BCUT2D eigenvalue weighted by Crippen LogP contribution is 2.29. The average Bonchev–Trinajstić information content (AvgIpc) is 2.35. The van der Waals surface area contributed by atoms with Crippen LogP contribution in [0, 0.1) is 0 Å². The van der Waals surface area contributed by atoms with Gasteiger partial charge in [0.1, 0.15) is 5.75 Å². The Hall–Kier alpha value is -0.960. The summed E-state index contributed by atoms with van der Waals surface area (Å²) < 4.78 is 5.60. The predicted molar refractivity (Wildman–Crippen MR) is 88.2 cm³/mol. The van der Waals surface area contributed by atoms with E-state index in [9.17, 15) is 4.79 Å². The third-order valence-corrected chi connectivity index (χ3v) is 4.09. The van der Waals surface area contributed by atoms with Crippen LogP contribution in [0.5, 0.6) is 5.75 Å². The van der Waals surface area contributed by atoms with Crippen molar-refractivity contribution in [3.63, 3.8) is 0 Å². The van der Waals surface area contributed by atoms with Gasteiger partial charge in [0.05, 0.1) is 17.9 Å². The molecule has 0 atom stereocenters. The Morgan fingerprint density at radius 2 is 1.95 bits per heavy atom. The Bertz CT molecular complexity index is 459. The summed E-state index contributed by atoms with van der Waals surface area (Å²) in [7, 11) is 0. The van der Waals surface area contributed by atoms with Crippen LogP contribution in [0.1, 0.15) is 57.5 Å². The van der Waals surface area contributed by atoms with E-state index in [4.69, 9.17) is 4.74 Å². The Balaban J connectivity index is 3.08. The maximum atomic E-state index is 12.4. The molecule has 0 aliphatic carbocycles. The van der Waals surface area contributed by atoms with Crippen molar-refractivity contribution in [1.29, 1.82) is 0 Å². The van der Waals surface area contributed by atoms with Crippen LogP contribution in [-0.4, -0.2) is 23.4 Å². The topological polar surface area (TPSA) is 26.3 Å². The quantitative estimate of drug-likeness (QED) is 0.711. The Morgan fingerprint density at radius 1 is 1.30 bits per heavy atom. The molecule has 0 radical (unpaired) electrons. The number of carbonyl (C=O) groups excluding carboxylic acids is 1. The van der Waals surface area contributed by atoms with Crippen molar-refractivity contribution in [2.24, 2.45) is 0 Å². The maximum Gasteiger partial charge on any atom is 0.176 e. The van der Waals surface area contributed by atoms with Crippen LogP contribution in [0.25, 0.3) is 0 Å². The molecule has 0 N–H and O–H groups in total. The molecule has 1 aromatic carbocycles. The average molecular weight is 294 g/mol. The van der Waals surface area contributed by atoms with Crippen molar-refractivity contribution in [3.05, 3.63) is 29.3 Å². The van der Waals surface area contributed by atoms with Crippen molar-refractivity contribution < 1.29 is 9.53 Å². The predicted octanol–water partition coefficient (Wildman–Crippen LogP) is 4.71. The zero-order valence-corrected chi connectivity index (χ0v) is 14.3. The molecule has 112 valence electrons. The van der Waals surface area contributed by atoms with E-state index in [2.05, 4.69) is 40.7 Å². The molecule has 2 nitrogen and oxygen atoms in total. The normalized spacial score (nSPS) is 11.8. The highest BCUT2D eigenvalue weighted by atomic mass is 32.2. The fraction of sp³-hybridized carbons (Fsp3) is 0.588. The summed E-state index contributed by atoms with van der Waals surface area (Å²) in [6, 6.07) is 5.98. The maximum absolute atomic E-state index is 12.4. The second-order valence-corrected chi connectivity index (χ2v) is 7.74. The third-order valence-electron chi connectivity index (χ3n) is 2.99. The van der Waals surface area contributed by atoms with E-state index in [-0.39, 0.29) is 11.2 Å². The SMILES string of the molecule is CCOc1ccc(C(C)(C)C)cc1C(=O)CSC(C)C. The second kappa shape index (κ2) is 7.16. The summed E-state index contributed by atoms with van der Waals surface area (Å²) in [5.41, 5.74) is 1.91. The van der Waals surface area contributed by atoms with E-state index < -0.39 is 0 Å². The molecule has 0 amide bonds. The number of ketones is 1. The van der Waals surface area contributed by atoms with E-state index in [0.29, 0.717) is 28.9 Å². The van der Waals surface area contributed by atoms with Crippen molar-refractivity contribution in [1.82, 2.24) is 0 Å². The number of benzene rings is 1. The van der Waals surface area contributed by atoms with Crippen molar-refractivity contribution in [2.45, 2.75) is 52.2 Å². The largest absolute Gasteiger partial charge is 0.493 e. The van der Waals surface area contributed by atoms with Gasteiger partial charge in [0.2, 0.25) is 0 Å². The number of ether oxygens (including phenoxy) is 1. The van der Waals surface area contributed by atoms with Crippen LogP contribution in [0.3, 0.4) is 0 Å². The van der Waals surface area contributed by atoms with Crippen LogP contribution in [-0.2, 0) is 5.41 Å². The summed E-state index contributed by atoms with van der Waals surface area (Å²) in [6.45, 7) is 13.2. The van der Waals surface area contributed by atoms with Crippen LogP contribution < -0.4 is 4.74 Å². The van der Waals surface area contributed by atoms with E-state index in [1.54, 1.807) is 11.8 Å². The first-order valence-electron chi connectivity index (χ1n) is 7.17. The highest BCUT2D eigenvalue weighted by molar-refractivity contribution is 8.00. The van der Waals surface area contributed by atoms with Gasteiger partial charge in [-0.25, -0.2) is 0 Å². The van der Waals surface area contributed by atoms with Gasteiger partial charge in [-0.1, -0.05) is 40.7 Å². The smallest absolute Gasteiger partial charge is 0.176 e. The summed E-state index contributed by atoms with van der Waals surface area (Å²) in [5.74, 6) is 1.36. The first-order chi connectivity index (χ1) is 9.25. The highest BCUT2D eigenvalue weighted by Gasteiger charge is 2.19. The summed E-state index contributed by atoms with van der Waals surface area (Å²) in [6.07, 6.45) is 0. The molecule has 20 heavy (non-hydrogen) atoms. The van der Waals surface area contributed by atoms with E-state index in [1.165, 1.54) is 5.56 Å². The molecule has 1 rings (SSSR count). The van der Waals surface area contributed by atoms with Crippen molar-refractivity contribution in [3.8, 4) is 5.75 Å². The molecule has 0 saturated carbocycles. The van der Waals surface area contributed by atoms with Crippen molar-refractivity contribution >= 4 is 17.5 Å². The molecular formula is C17H26O2S. The summed E-state index contributed by atoms with van der Waals surface area (Å²) in [5, 5.41) is 0.459. The van der Waals surface area contributed by atoms with Gasteiger partial charge in [-0.3, -0.25) is 4.79 Å². The van der Waals surface area contributed by atoms with E-state index >= 15 is 0 Å². The van der Waals surface area contributed by atoms with Crippen LogP contribution in [0.4, 0.5) is 0 Å². The minimum absolute atomic E-state index is 0.0327. The van der Waals surface area contributed by atoms with Gasteiger partial charge < -0.3 is 4.74 Å². The minimum atomic E-state index is 0.0327. The van der Waals surface area contributed by atoms with Crippen molar-refractivity contribution in [2.75, 3.05) is 12.4 Å². The number of Topliss-reactive ketones (excluding diaryl/α,β-unsaturated/α-hetero) is 1. The number of carbonyl (C=O) groups is 1. The van der Waals surface area contributed by atoms with Gasteiger partial charge in [0.25, 0.3) is 0 Å². The van der Waals surface area contributed by atoms with E-state index in [1.807, 2.05) is 19.1 Å². The molecule has 0 spiro atoms. The number of hydrogen-bond acceptors (Lipinski definition) is 3. The van der Waals surface area contributed by atoms with Crippen LogP contribution in [0.2, 0.25) is 0 Å². The van der Waals surface area contributed by atoms with Gasteiger partial charge >= 0.3 is 0 Å². The van der Waals surface area contributed by atoms with E-state index in [0.717, 1.165) is 0 Å². The first kappa shape index (κ1) is 17.1. The molecule has 1 aromatic rings. The Kier molecular flexibility index (Phi) is 6.12. The number of rotatable bonds is 6. The molecule has 0 aromatic heterocycles. The lowest BCUT2D eigenvalue weighted by Gasteiger charge is -2.21. The monoisotopic (exact) mass is 294 g/mol. The standard InChI is InChI=1S/C17H26O2S/c1-7-19-16-9-8-13(17(4,5)6)10-14(16)15(18)11-20-12(2)3/h8-10,12H,7,11H2,1-6H3. The lowest BCUT2D eigenvalue weighted by atomic mass is 9.85. The van der Waals surface area contributed by atoms with Gasteiger partial charge in [0.15, 0.2) is 5.78 Å². The number of hydrogen-bond donors (Lipinski definition) is 0. The molecule has 0 unspecified atom stereocenters. The molecular weight excluding hydrogens is 268 g/mol. The fourth-order valence-corrected chi connectivity index (χ4v) is 2.46. The summed E-state index contributed by atoms with van der Waals surface area (Å²) >= 11 is 1.67. The lowest BCUT2D eigenvalue weighted by molar-refractivity contribution is 0.101. The first-order valence-corrected chi connectivity index (χ1v) is 8.22. The van der Waals surface area contributed by atoms with Gasteiger partial charge in [-0.2, -0.15) is 11.8 Å². The van der Waals surface area contributed by atoms with Crippen LogP contribution in [0.15, 0.2) is 18.2 Å². The lowest BCUT2D eigenvalue weighted by Crippen LogP contribution is -2.14. The van der Waals surface area contributed by atoms with Gasteiger partial charge in [-0.05, 0) is 35.3 Å². The molecule has 0 bridgehead atoms. The zero-order valence-electron chi connectivity index (χ0n) is 13.4. The van der Waals surface area contributed by atoms with Gasteiger partial charge in [0, 0.05) is 0 Å². The zero-order chi connectivity index (χ0) is 15.3. The molecule has 0 heterocycles. The van der Waals surface area contributed by atoms with Gasteiger partial charge in [-0.15, -0.1) is 0 Å². The fourth-order valence-electron chi connectivity index (χ4n) is 1.82. The molecule has 0 aliphatic heterocycles. The third kappa shape index (κ3) is 4.86. The van der Waals surface area contributed by atoms with Crippen LogP contribution >= 0.6 is 11.8 Å². The molecule has 0 fully saturated rings. The Morgan fingerprint density at radius 3 is 2.45 bits per heavy atom. The summed E-state index contributed by atoms with van der Waals surface area (Å²) in [4.78, 5) is 12.4.